The van der Waals surface area contributed by atoms with E-state index in [1.165, 1.54) is 0 Å². The maximum absolute atomic E-state index is 14.0. The van der Waals surface area contributed by atoms with Crippen LogP contribution >= 0.6 is 0 Å². The minimum Gasteiger partial charge on any atom is -0.374 e. The number of ether oxygens (including phenoxy) is 8. The Kier molecular flexibility index (Phi) is 9.29. The van der Waals surface area contributed by atoms with Gasteiger partial charge in [0.25, 0.3) is 0 Å². The smallest absolute Gasteiger partial charge is 0.327 e. The molecule has 10 rings (SSSR count). The molecule has 0 aromatic heterocycles. The van der Waals surface area contributed by atoms with Gasteiger partial charge >= 0.3 is 6.23 Å². The largest absolute Gasteiger partial charge is 0.374 e. The summed E-state index contributed by atoms with van der Waals surface area (Å²) in [6, 6.07) is 0. The maximum Gasteiger partial charge on any atom is 0.327 e. The lowest BCUT2D eigenvalue weighted by atomic mass is 9.79. The van der Waals surface area contributed by atoms with Gasteiger partial charge in [-0.1, -0.05) is 27.0 Å². The first-order valence-electron chi connectivity index (χ1n) is 19.8. The van der Waals surface area contributed by atoms with Gasteiger partial charge in [-0.25, -0.2) is 6.57 Å². The summed E-state index contributed by atoms with van der Waals surface area (Å²) in [5, 5.41) is 10.3. The van der Waals surface area contributed by atoms with Crippen LogP contribution in [0.2, 0.25) is 0 Å². The number of carbonyl (C=O) groups is 1. The Bertz CT molecular complexity index is 1430. The van der Waals surface area contributed by atoms with Gasteiger partial charge in [-0.3, -0.25) is 9.64 Å². The topological polar surface area (TPSA) is 116 Å². The first kappa shape index (κ1) is 35.0. The van der Waals surface area contributed by atoms with Crippen LogP contribution in [0.4, 0.5) is 0 Å². The number of aliphatic hydroxyl groups is 1. The summed E-state index contributed by atoms with van der Waals surface area (Å²) >= 11 is 0. The van der Waals surface area contributed by atoms with E-state index in [0.717, 1.165) is 56.1 Å². The van der Waals surface area contributed by atoms with Crippen molar-refractivity contribution in [2.45, 2.75) is 195 Å². The summed E-state index contributed by atoms with van der Waals surface area (Å²) in [7, 11) is 0. The van der Waals surface area contributed by atoms with E-state index >= 15 is 0 Å². The van der Waals surface area contributed by atoms with Gasteiger partial charge in [-0.15, -0.1) is 0 Å². The fourth-order valence-electron chi connectivity index (χ4n) is 11.2. The molecule has 10 fully saturated rings. The van der Waals surface area contributed by atoms with Crippen molar-refractivity contribution < 1.29 is 47.8 Å². The van der Waals surface area contributed by atoms with Gasteiger partial charge in [0.15, 0.2) is 5.79 Å². The molecule has 0 saturated carbocycles. The molecule has 5 unspecified atom stereocenters. The number of fused-ring (bicyclic) bond motifs is 6. The Balaban J connectivity index is 0.988. The second-order valence-electron chi connectivity index (χ2n) is 17.3. The van der Waals surface area contributed by atoms with Crippen LogP contribution in [-0.4, -0.2) is 108 Å². The van der Waals surface area contributed by atoms with Crippen LogP contribution in [0.15, 0.2) is 24.3 Å². The van der Waals surface area contributed by atoms with Crippen LogP contribution in [-0.2, 0) is 42.7 Å². The Labute approximate surface area is 301 Å². The highest BCUT2D eigenvalue weighted by Crippen LogP contribution is 2.54. The van der Waals surface area contributed by atoms with Crippen LogP contribution < -0.4 is 0 Å². The van der Waals surface area contributed by atoms with E-state index in [0.29, 0.717) is 32.1 Å². The van der Waals surface area contributed by atoms with Crippen molar-refractivity contribution >= 4 is 5.78 Å². The third-order valence-electron chi connectivity index (χ3n) is 14.0. The lowest BCUT2D eigenvalue weighted by Gasteiger charge is -2.47. The van der Waals surface area contributed by atoms with E-state index in [1.807, 2.05) is 0 Å². The van der Waals surface area contributed by atoms with Crippen molar-refractivity contribution in [2.75, 3.05) is 0 Å². The number of nitrogens with zero attached hydrogens (tertiary/aromatic N) is 1. The van der Waals surface area contributed by atoms with Crippen LogP contribution in [0.3, 0.4) is 0 Å². The molecule has 11 heteroatoms. The summed E-state index contributed by atoms with van der Waals surface area (Å²) in [5.41, 5.74) is 2.21. The van der Waals surface area contributed by atoms with Crippen LogP contribution in [0.1, 0.15) is 97.3 Å². The molecule has 19 atom stereocenters. The molecule has 0 aromatic carbocycles. The van der Waals surface area contributed by atoms with Gasteiger partial charge in [-0.05, 0) is 73.8 Å². The number of hydrogen-bond acceptors (Lipinski definition) is 10. The average molecular weight is 710 g/mol. The van der Waals surface area contributed by atoms with Crippen LogP contribution in [0.25, 0.3) is 4.85 Å². The predicted octanol–water partition coefficient (Wildman–Crippen LogP) is 4.98. The molecule has 1 N–H and O–H groups in total. The zero-order chi connectivity index (χ0) is 35.2. The summed E-state index contributed by atoms with van der Waals surface area (Å²) in [6.45, 7) is 20.5. The average Bonchev–Trinajstić information content (AvgIpc) is 3.77. The minimum absolute atomic E-state index is 0.0127. The van der Waals surface area contributed by atoms with E-state index in [-0.39, 0.29) is 115 Å². The van der Waals surface area contributed by atoms with Crippen LogP contribution in [0.5, 0.6) is 0 Å². The van der Waals surface area contributed by atoms with Crippen molar-refractivity contribution in [1.82, 2.24) is 0 Å². The first-order valence-corrected chi connectivity index (χ1v) is 19.8. The molecule has 51 heavy (non-hydrogen) atoms. The molecule has 280 valence electrons. The van der Waals surface area contributed by atoms with Gasteiger partial charge < -0.3 is 43.0 Å². The molecule has 10 aliphatic heterocycles. The van der Waals surface area contributed by atoms with Crippen molar-refractivity contribution in [3.05, 3.63) is 35.7 Å². The van der Waals surface area contributed by atoms with E-state index in [4.69, 9.17) is 44.5 Å². The van der Waals surface area contributed by atoms with Crippen molar-refractivity contribution in [1.29, 1.82) is 0 Å². The second kappa shape index (κ2) is 13.5. The summed E-state index contributed by atoms with van der Waals surface area (Å²) < 4.78 is 53.8. The molecule has 10 heterocycles. The van der Waals surface area contributed by atoms with E-state index in [9.17, 15) is 9.90 Å². The zero-order valence-corrected chi connectivity index (χ0v) is 30.1. The standard InChI is InChI=1S/C40H55NO10/c1-19-12-24-6-8-28-20(2)13-26(44-28)10-11-40-18-33-36(50-40)37-38(49-33)39(51-40)35-29(48-37)9-7-25(46-35)14-23(42)15-27-22(4)31(17-34(43)41-5)47-32(27)16-30(45-24)21(19)3/h19,22,24-39,43H,2-3,6-18H2,1,4H3/t19-,22-,24+,25-,26+,27?,28?,29+,30-,31-,32?,33-,34?,35+,36?,37+,38-,39+,40+/m1/s1. The summed E-state index contributed by atoms with van der Waals surface area (Å²) in [4.78, 5) is 17.3. The Morgan fingerprint density at radius 3 is 2.37 bits per heavy atom. The predicted molar refractivity (Wildman–Crippen MR) is 182 cm³/mol. The molecular weight excluding hydrogens is 654 g/mol. The molecule has 10 saturated heterocycles. The third-order valence-corrected chi connectivity index (χ3v) is 14.0. The molecular formula is C40H55NO10. The lowest BCUT2D eigenvalue weighted by molar-refractivity contribution is -0.292. The second-order valence-corrected chi connectivity index (χ2v) is 17.3. The number of Topliss-reactive ketones (excluding diaryl/α,β-unsaturated/α-hetero) is 1. The molecule has 12 bridgehead atoms. The van der Waals surface area contributed by atoms with Crippen LogP contribution in [0, 0.1) is 24.3 Å². The Morgan fingerprint density at radius 2 is 1.53 bits per heavy atom. The molecule has 0 aliphatic carbocycles. The van der Waals surface area contributed by atoms with Crippen molar-refractivity contribution in [3.8, 4) is 0 Å². The first-order chi connectivity index (χ1) is 24.6. The number of ketones is 1. The Morgan fingerprint density at radius 1 is 0.784 bits per heavy atom. The van der Waals surface area contributed by atoms with E-state index in [1.54, 1.807) is 0 Å². The quantitative estimate of drug-likeness (QED) is 0.311. The molecule has 1 spiro atoms. The van der Waals surface area contributed by atoms with Gasteiger partial charge in [0.2, 0.25) is 0 Å². The maximum atomic E-state index is 14.0. The monoisotopic (exact) mass is 709 g/mol. The van der Waals surface area contributed by atoms with Crippen molar-refractivity contribution in [2.24, 2.45) is 17.8 Å². The fraction of sp³-hybridized carbons (Fsp3) is 0.850. The highest BCUT2D eigenvalue weighted by molar-refractivity contribution is 5.79. The fourth-order valence-corrected chi connectivity index (χ4v) is 11.2. The normalized spacial score (nSPS) is 53.0. The van der Waals surface area contributed by atoms with Crippen molar-refractivity contribution in [3.63, 3.8) is 0 Å². The highest BCUT2D eigenvalue weighted by Gasteiger charge is 2.68. The molecule has 0 amide bonds. The van der Waals surface area contributed by atoms with Gasteiger partial charge in [0, 0.05) is 32.1 Å². The minimum atomic E-state index is -1.14. The van der Waals surface area contributed by atoms with E-state index in [2.05, 4.69) is 31.9 Å². The zero-order valence-electron chi connectivity index (χ0n) is 30.1. The summed E-state index contributed by atoms with van der Waals surface area (Å²) in [6.07, 6.45) is 5.08. The number of rotatable bonds is 2. The number of aliphatic hydroxyl groups excluding tert-OH is 1. The molecule has 11 nitrogen and oxygen atoms in total. The molecule has 10 aliphatic rings. The Hall–Kier alpha value is -1.72. The lowest BCUT2D eigenvalue weighted by Crippen LogP contribution is -2.61. The third kappa shape index (κ3) is 6.38. The molecule has 0 aromatic rings. The van der Waals surface area contributed by atoms with Gasteiger partial charge in [-0.2, -0.15) is 0 Å². The highest BCUT2D eigenvalue weighted by atomic mass is 16.8. The summed E-state index contributed by atoms with van der Waals surface area (Å²) in [5.74, 6) is -0.442. The van der Waals surface area contributed by atoms with E-state index < -0.39 is 12.0 Å². The SMILES string of the molecule is [C-]#[N+]C(O)C[C@H]1OC2C[C@H]3O[C@@H](CCC4O[C@@H](CC[C@@]56C[C@H]7O[C@H]8[C@@H](O5)[C@H]5O[C@H](CC[C@@H]5O[C@H]8C7O6)CC(=O)CC2[C@H]1C)CC4=C)C[C@@H](C)C3=C. The molecule has 0 radical (unpaired) electrons. The van der Waals surface area contributed by atoms with Gasteiger partial charge in [0.05, 0.1) is 61.4 Å². The van der Waals surface area contributed by atoms with Gasteiger partial charge in [0.1, 0.15) is 36.3 Å². The number of carbonyl (C=O) groups excluding carboxylic acids is 1. The number of hydrogen-bond donors (Lipinski definition) is 1.